The van der Waals surface area contributed by atoms with Gasteiger partial charge in [0.2, 0.25) is 5.28 Å². The fraction of sp³-hybridized carbons (Fsp3) is 0.0769. The second-order valence-electron chi connectivity index (χ2n) is 4.15. The van der Waals surface area contributed by atoms with Crippen molar-refractivity contribution in [2.24, 2.45) is 0 Å². The van der Waals surface area contributed by atoms with Gasteiger partial charge in [0.15, 0.2) is 0 Å². The molecule has 0 atom stereocenters. The molecule has 0 aliphatic heterocycles. The first-order chi connectivity index (χ1) is 9.45. The lowest BCUT2D eigenvalue weighted by molar-refractivity contribution is -0.137. The molecule has 1 aromatic carbocycles. The van der Waals surface area contributed by atoms with Crippen LogP contribution in [0, 0.1) is 0 Å². The summed E-state index contributed by atoms with van der Waals surface area (Å²) in [7, 11) is 0. The first-order valence-corrected chi connectivity index (χ1v) is 6.01. The zero-order valence-electron chi connectivity index (χ0n) is 9.87. The summed E-state index contributed by atoms with van der Waals surface area (Å²) in [5.41, 5.74) is 1.55. The molecule has 0 unspecified atom stereocenters. The van der Waals surface area contributed by atoms with Crippen molar-refractivity contribution in [3.63, 3.8) is 0 Å². The van der Waals surface area contributed by atoms with Crippen LogP contribution in [0.15, 0.2) is 36.5 Å². The molecule has 3 aromatic rings. The van der Waals surface area contributed by atoms with E-state index in [4.69, 9.17) is 11.6 Å². The van der Waals surface area contributed by atoms with Crippen molar-refractivity contribution in [1.29, 1.82) is 0 Å². The molecule has 20 heavy (non-hydrogen) atoms. The number of halogens is 4. The van der Waals surface area contributed by atoms with Crippen LogP contribution in [0.5, 0.6) is 0 Å². The van der Waals surface area contributed by atoms with Crippen LogP contribution in [0.25, 0.3) is 22.3 Å². The minimum atomic E-state index is -4.36. The normalized spacial score (nSPS) is 12.0. The Labute approximate surface area is 116 Å². The van der Waals surface area contributed by atoms with Gasteiger partial charge in [0, 0.05) is 11.8 Å². The third kappa shape index (κ3) is 2.22. The van der Waals surface area contributed by atoms with Gasteiger partial charge in [-0.05, 0) is 29.8 Å². The molecule has 3 rings (SSSR count). The predicted octanol–water partition coefficient (Wildman–Crippen LogP) is 4.30. The second kappa shape index (κ2) is 4.49. The van der Waals surface area contributed by atoms with Crippen molar-refractivity contribution >= 4 is 22.6 Å². The van der Waals surface area contributed by atoms with Crippen molar-refractivity contribution in [2.45, 2.75) is 6.18 Å². The minimum absolute atomic E-state index is 0.0481. The van der Waals surface area contributed by atoms with Crippen LogP contribution in [-0.4, -0.2) is 15.0 Å². The van der Waals surface area contributed by atoms with E-state index < -0.39 is 11.7 Å². The molecule has 2 aromatic heterocycles. The van der Waals surface area contributed by atoms with E-state index in [1.165, 1.54) is 12.1 Å². The summed E-state index contributed by atoms with van der Waals surface area (Å²) in [6.45, 7) is 0. The lowest BCUT2D eigenvalue weighted by atomic mass is 10.1. The number of aromatic nitrogens is 3. The Kier molecular flexibility index (Phi) is 2.90. The van der Waals surface area contributed by atoms with Gasteiger partial charge < -0.3 is 4.98 Å². The molecule has 0 aliphatic rings. The van der Waals surface area contributed by atoms with Gasteiger partial charge in [0.25, 0.3) is 0 Å². The molecular formula is C13H7ClF3N3. The Morgan fingerprint density at radius 1 is 1.00 bits per heavy atom. The molecule has 2 heterocycles. The van der Waals surface area contributed by atoms with Crippen LogP contribution in [0.3, 0.4) is 0 Å². The summed E-state index contributed by atoms with van der Waals surface area (Å²) >= 11 is 5.82. The quantitative estimate of drug-likeness (QED) is 0.681. The molecule has 0 fully saturated rings. The number of rotatable bonds is 1. The Bertz CT molecular complexity index is 763. The van der Waals surface area contributed by atoms with Crippen molar-refractivity contribution in [3.05, 3.63) is 47.4 Å². The van der Waals surface area contributed by atoms with Crippen LogP contribution >= 0.6 is 11.6 Å². The first-order valence-electron chi connectivity index (χ1n) is 5.63. The molecule has 0 radical (unpaired) electrons. The largest absolute Gasteiger partial charge is 0.416 e. The number of alkyl halides is 3. The van der Waals surface area contributed by atoms with Gasteiger partial charge in [-0.25, -0.2) is 9.97 Å². The van der Waals surface area contributed by atoms with E-state index in [9.17, 15) is 13.2 Å². The topological polar surface area (TPSA) is 41.6 Å². The Hall–Kier alpha value is -2.08. The molecule has 0 amide bonds. The van der Waals surface area contributed by atoms with Crippen LogP contribution in [0.2, 0.25) is 5.28 Å². The highest BCUT2D eigenvalue weighted by molar-refractivity contribution is 6.28. The Morgan fingerprint density at radius 2 is 1.70 bits per heavy atom. The lowest BCUT2D eigenvalue weighted by Crippen LogP contribution is -2.04. The number of aromatic amines is 1. The van der Waals surface area contributed by atoms with Gasteiger partial charge >= 0.3 is 6.18 Å². The maximum atomic E-state index is 12.5. The number of benzene rings is 1. The van der Waals surface area contributed by atoms with E-state index in [1.54, 1.807) is 12.3 Å². The van der Waals surface area contributed by atoms with E-state index >= 15 is 0 Å². The van der Waals surface area contributed by atoms with Gasteiger partial charge in [-0.2, -0.15) is 13.2 Å². The number of H-pyrrole nitrogens is 1. The summed E-state index contributed by atoms with van der Waals surface area (Å²) in [6.07, 6.45) is -2.69. The molecule has 0 bridgehead atoms. The van der Waals surface area contributed by atoms with E-state index in [-0.39, 0.29) is 5.28 Å². The monoisotopic (exact) mass is 297 g/mol. The van der Waals surface area contributed by atoms with Crippen molar-refractivity contribution in [2.75, 3.05) is 0 Å². The predicted molar refractivity (Wildman–Crippen MR) is 69.3 cm³/mol. The second-order valence-corrected chi connectivity index (χ2v) is 4.49. The molecule has 0 aliphatic carbocycles. The third-order valence-corrected chi connectivity index (χ3v) is 3.03. The van der Waals surface area contributed by atoms with Gasteiger partial charge in [-0.1, -0.05) is 12.1 Å². The highest BCUT2D eigenvalue weighted by Crippen LogP contribution is 2.32. The van der Waals surface area contributed by atoms with Gasteiger partial charge in [-0.15, -0.1) is 0 Å². The minimum Gasteiger partial charge on any atom is -0.358 e. The van der Waals surface area contributed by atoms with E-state index in [0.717, 1.165) is 12.1 Å². The Balaban J connectivity index is 2.14. The van der Waals surface area contributed by atoms with E-state index in [0.29, 0.717) is 22.3 Å². The molecule has 3 nitrogen and oxygen atoms in total. The van der Waals surface area contributed by atoms with Crippen LogP contribution in [-0.2, 0) is 6.18 Å². The summed E-state index contributed by atoms with van der Waals surface area (Å²) in [4.78, 5) is 11.1. The zero-order valence-corrected chi connectivity index (χ0v) is 10.6. The lowest BCUT2D eigenvalue weighted by Gasteiger charge is -2.08. The fourth-order valence-corrected chi connectivity index (χ4v) is 2.12. The number of nitrogens with zero attached hydrogens (tertiary/aromatic N) is 2. The summed E-state index contributed by atoms with van der Waals surface area (Å²) < 4.78 is 37.6. The Morgan fingerprint density at radius 3 is 2.35 bits per heavy atom. The van der Waals surface area contributed by atoms with Crippen molar-refractivity contribution < 1.29 is 13.2 Å². The van der Waals surface area contributed by atoms with Crippen LogP contribution < -0.4 is 0 Å². The molecule has 7 heteroatoms. The number of hydrogen-bond donors (Lipinski definition) is 1. The summed E-state index contributed by atoms with van der Waals surface area (Å²) in [5.74, 6) is 0. The first kappa shape index (κ1) is 12.9. The standard InChI is InChI=1S/C13H7ClF3N3/c14-12-19-9-5-6-18-11(9)10(20-12)7-1-3-8(4-2-7)13(15,16)17/h1-6,18H. The fourth-order valence-electron chi connectivity index (χ4n) is 1.94. The van der Waals surface area contributed by atoms with E-state index in [1.807, 2.05) is 0 Å². The van der Waals surface area contributed by atoms with Crippen LogP contribution in [0.4, 0.5) is 13.2 Å². The SMILES string of the molecule is FC(F)(F)c1ccc(-c2nc(Cl)nc3cc[nH]c23)cc1. The van der Waals surface area contributed by atoms with Crippen molar-refractivity contribution in [1.82, 2.24) is 15.0 Å². The smallest absolute Gasteiger partial charge is 0.358 e. The molecule has 0 saturated carbocycles. The number of nitrogens with one attached hydrogen (secondary N) is 1. The van der Waals surface area contributed by atoms with Gasteiger partial charge in [-0.3, -0.25) is 0 Å². The maximum Gasteiger partial charge on any atom is 0.416 e. The highest BCUT2D eigenvalue weighted by Gasteiger charge is 2.30. The maximum absolute atomic E-state index is 12.5. The van der Waals surface area contributed by atoms with Gasteiger partial charge in [0.1, 0.15) is 0 Å². The molecule has 102 valence electrons. The average Bonchev–Trinajstić information content (AvgIpc) is 2.85. The summed E-state index contributed by atoms with van der Waals surface area (Å²) in [6, 6.07) is 6.47. The van der Waals surface area contributed by atoms with Crippen LogP contribution in [0.1, 0.15) is 5.56 Å². The van der Waals surface area contributed by atoms with E-state index in [2.05, 4.69) is 15.0 Å². The zero-order chi connectivity index (χ0) is 14.3. The number of hydrogen-bond acceptors (Lipinski definition) is 2. The number of fused-ring (bicyclic) bond motifs is 1. The van der Waals surface area contributed by atoms with Gasteiger partial charge in [0.05, 0.1) is 22.3 Å². The molecule has 1 N–H and O–H groups in total. The molecule has 0 spiro atoms. The van der Waals surface area contributed by atoms with Crippen molar-refractivity contribution in [3.8, 4) is 11.3 Å². The highest BCUT2D eigenvalue weighted by atomic mass is 35.5. The molecular weight excluding hydrogens is 291 g/mol. The average molecular weight is 298 g/mol. The molecule has 0 saturated heterocycles. The summed E-state index contributed by atoms with van der Waals surface area (Å²) in [5, 5.41) is 0.0481. The third-order valence-electron chi connectivity index (χ3n) is 2.86.